The van der Waals surface area contributed by atoms with Crippen molar-refractivity contribution in [2.24, 2.45) is 5.10 Å². The Morgan fingerprint density at radius 1 is 0.972 bits per heavy atom. The first kappa shape index (κ1) is 23.0. The van der Waals surface area contributed by atoms with Crippen LogP contribution in [0.3, 0.4) is 0 Å². The molecule has 1 heterocycles. The molecule has 178 valence electrons. The van der Waals surface area contributed by atoms with Crippen molar-refractivity contribution < 1.29 is 19.8 Å². The molecule has 1 aliphatic carbocycles. The lowest BCUT2D eigenvalue weighted by atomic mass is 9.92. The van der Waals surface area contributed by atoms with E-state index in [9.17, 15) is 25.0 Å². The van der Waals surface area contributed by atoms with Gasteiger partial charge in [-0.1, -0.05) is 48.5 Å². The molecule has 1 aliphatic heterocycles. The molecule has 0 aromatic heterocycles. The summed E-state index contributed by atoms with van der Waals surface area (Å²) in [5, 5.41) is 37.7. The molecule has 3 aromatic carbocycles. The molecule has 5 rings (SSSR count). The fourth-order valence-electron chi connectivity index (χ4n) is 4.19. The summed E-state index contributed by atoms with van der Waals surface area (Å²) in [5.74, 6) is -1.58. The van der Waals surface area contributed by atoms with Gasteiger partial charge in [-0.05, 0) is 53.6 Å². The number of para-hydroxylation sites is 2. The zero-order chi connectivity index (χ0) is 25.3. The highest BCUT2D eigenvalue weighted by atomic mass is 16.5. The van der Waals surface area contributed by atoms with Crippen molar-refractivity contribution >= 4 is 28.8 Å². The minimum atomic E-state index is -1.07. The largest absolute Gasteiger partial charge is 0.622 e. The first-order valence-electron chi connectivity index (χ1n) is 11.1. The number of aromatic carboxylic acids is 1. The number of carboxylic acid groups (broad SMARTS) is 1. The van der Waals surface area contributed by atoms with Crippen LogP contribution in [0, 0.1) is 5.21 Å². The number of nitrogens with zero attached hydrogens (tertiary/aromatic N) is 2. The number of anilines is 1. The average Bonchev–Trinajstić information content (AvgIpc) is 2.90. The van der Waals surface area contributed by atoms with Gasteiger partial charge < -0.3 is 15.4 Å². The maximum atomic E-state index is 13.4. The van der Waals surface area contributed by atoms with E-state index in [-0.39, 0.29) is 35.0 Å². The molecule has 36 heavy (non-hydrogen) atoms. The molecule has 0 saturated heterocycles. The van der Waals surface area contributed by atoms with Gasteiger partial charge in [-0.3, -0.25) is 14.9 Å². The number of hydroxylamine groups is 2. The number of carbonyl (C=O) groups excluding carboxylic acids is 1. The maximum Gasteiger partial charge on any atom is 0.335 e. The molecule has 8 heteroatoms. The molecule has 0 spiro atoms. The van der Waals surface area contributed by atoms with E-state index in [0.717, 1.165) is 0 Å². The van der Waals surface area contributed by atoms with Gasteiger partial charge in [-0.15, -0.1) is 0 Å². The third-order valence-corrected chi connectivity index (χ3v) is 6.11. The lowest BCUT2D eigenvalue weighted by Crippen LogP contribution is -2.43. The Morgan fingerprint density at radius 3 is 2.53 bits per heavy atom. The lowest BCUT2D eigenvalue weighted by Gasteiger charge is -2.41. The summed E-state index contributed by atoms with van der Waals surface area (Å²) >= 11 is 0. The average molecular weight is 479 g/mol. The Hall–Kier alpha value is -4.79. The summed E-state index contributed by atoms with van der Waals surface area (Å²) in [5.41, 5.74) is 5.65. The predicted octanol–water partition coefficient (Wildman–Crippen LogP) is 4.99. The Labute approximate surface area is 206 Å². The van der Waals surface area contributed by atoms with Crippen LogP contribution in [0.15, 0.2) is 113 Å². The summed E-state index contributed by atoms with van der Waals surface area (Å²) in [6, 6.07) is 20.0. The first-order valence-corrected chi connectivity index (χ1v) is 11.1. The van der Waals surface area contributed by atoms with E-state index in [1.165, 1.54) is 18.3 Å². The molecule has 0 bridgehead atoms. The third kappa shape index (κ3) is 4.22. The van der Waals surface area contributed by atoms with Gasteiger partial charge in [-0.2, -0.15) is 5.10 Å². The number of phenolic OH excluding ortho intramolecular Hbond substituents is 1. The van der Waals surface area contributed by atoms with Crippen LogP contribution in [0.25, 0.3) is 11.1 Å². The van der Waals surface area contributed by atoms with Gasteiger partial charge in [0, 0.05) is 5.56 Å². The predicted molar refractivity (Wildman–Crippen MR) is 138 cm³/mol. The van der Waals surface area contributed by atoms with Crippen LogP contribution in [0.2, 0.25) is 0 Å². The molecular weight excluding hydrogens is 458 g/mol. The van der Waals surface area contributed by atoms with Crippen molar-refractivity contribution in [1.29, 1.82) is 0 Å². The number of hydrazone groups is 1. The quantitative estimate of drug-likeness (QED) is 0.156. The van der Waals surface area contributed by atoms with E-state index in [2.05, 4.69) is 10.5 Å². The Kier molecular flexibility index (Phi) is 5.81. The molecule has 0 amide bonds. The Morgan fingerprint density at radius 2 is 1.75 bits per heavy atom. The molecule has 1 unspecified atom stereocenters. The van der Waals surface area contributed by atoms with Gasteiger partial charge in [0.05, 0.1) is 16.8 Å². The van der Waals surface area contributed by atoms with Crippen molar-refractivity contribution in [2.75, 3.05) is 12.0 Å². The number of benzene rings is 3. The number of hydrogen-bond acceptors (Lipinski definition) is 6. The topological polar surface area (TPSA) is 122 Å². The number of rotatable bonds is 5. The highest BCUT2D eigenvalue weighted by molar-refractivity contribution is 6.51. The molecule has 3 aromatic rings. The zero-order valence-corrected chi connectivity index (χ0v) is 19.0. The van der Waals surface area contributed by atoms with E-state index in [0.29, 0.717) is 28.0 Å². The van der Waals surface area contributed by atoms with Gasteiger partial charge in [0.1, 0.15) is 29.9 Å². The number of ketones is 1. The highest BCUT2D eigenvalue weighted by Crippen LogP contribution is 2.36. The van der Waals surface area contributed by atoms with Crippen LogP contribution in [-0.4, -0.2) is 34.2 Å². The lowest BCUT2D eigenvalue weighted by molar-refractivity contribution is -0.110. The van der Waals surface area contributed by atoms with Gasteiger partial charge in [0.15, 0.2) is 0 Å². The van der Waals surface area contributed by atoms with E-state index in [1.54, 1.807) is 72.8 Å². The summed E-state index contributed by atoms with van der Waals surface area (Å²) in [4.78, 5) is 24.5. The van der Waals surface area contributed by atoms with Crippen molar-refractivity contribution in [3.8, 4) is 16.9 Å². The van der Waals surface area contributed by atoms with Crippen molar-refractivity contribution in [1.82, 2.24) is 4.65 Å². The summed E-state index contributed by atoms with van der Waals surface area (Å²) < 4.78 is -0.780. The SMILES string of the molecule is O=C1C(=NNc2cccc(-c3cccc(C(=O)O)c3)c2O)C=CC2=C1C[N+]([O-])(c1ccccc1)C=C2. The maximum absolute atomic E-state index is 13.4. The molecule has 1 atom stereocenters. The minimum absolute atomic E-state index is 0.0569. The van der Waals surface area contributed by atoms with Crippen molar-refractivity contribution in [2.45, 2.75) is 0 Å². The van der Waals surface area contributed by atoms with E-state index in [1.807, 2.05) is 6.07 Å². The number of hydrogen-bond donors (Lipinski definition) is 3. The highest BCUT2D eigenvalue weighted by Gasteiger charge is 2.32. The fraction of sp³-hybridized carbons (Fsp3) is 0.0357. The smallest absolute Gasteiger partial charge is 0.335 e. The molecule has 0 saturated carbocycles. The van der Waals surface area contributed by atoms with E-state index < -0.39 is 10.6 Å². The first-order chi connectivity index (χ1) is 17.4. The van der Waals surface area contributed by atoms with Gasteiger partial charge >= 0.3 is 5.97 Å². The monoisotopic (exact) mass is 479 g/mol. The van der Waals surface area contributed by atoms with Crippen LogP contribution in [-0.2, 0) is 4.79 Å². The van der Waals surface area contributed by atoms with Crippen molar-refractivity contribution in [3.05, 3.63) is 119 Å². The molecule has 0 fully saturated rings. The number of Topliss-reactive ketones (excluding diaryl/α,β-unsaturated/α-hetero) is 1. The normalized spacial score (nSPS) is 19.9. The zero-order valence-electron chi connectivity index (χ0n) is 19.0. The Bertz CT molecular complexity index is 1500. The number of aromatic hydroxyl groups is 1. The Balaban J connectivity index is 1.39. The van der Waals surface area contributed by atoms with Crippen LogP contribution < -0.4 is 10.1 Å². The van der Waals surface area contributed by atoms with Gasteiger partial charge in [0.25, 0.3) is 0 Å². The fourth-order valence-corrected chi connectivity index (χ4v) is 4.19. The second kappa shape index (κ2) is 9.10. The second-order valence-corrected chi connectivity index (χ2v) is 8.40. The summed E-state index contributed by atoms with van der Waals surface area (Å²) in [6.07, 6.45) is 6.46. The number of carboxylic acids is 1. The van der Waals surface area contributed by atoms with Gasteiger partial charge in [-0.25, -0.2) is 4.79 Å². The molecule has 3 N–H and O–H groups in total. The molecular formula is C28H21N3O5. The molecule has 0 radical (unpaired) electrons. The van der Waals surface area contributed by atoms with Crippen molar-refractivity contribution in [3.63, 3.8) is 0 Å². The minimum Gasteiger partial charge on any atom is -0.622 e. The number of carbonyl (C=O) groups is 2. The van der Waals surface area contributed by atoms with Crippen LogP contribution in [0.5, 0.6) is 5.75 Å². The van der Waals surface area contributed by atoms with E-state index in [4.69, 9.17) is 0 Å². The standard InChI is InChI=1S/C28H21N3O5/c32-26-22(19-6-4-7-20(16-19)28(34)35)10-5-11-24(26)29-30-25-13-12-18-14-15-31(36,17-23(18)27(25)33)21-8-2-1-3-9-21/h1-16,29,32H,17H2,(H,34,35). The second-order valence-electron chi connectivity index (χ2n) is 8.40. The number of quaternary nitrogens is 1. The van der Waals surface area contributed by atoms with Gasteiger partial charge in [0.2, 0.25) is 5.78 Å². The molecule has 8 nitrogen and oxygen atoms in total. The summed E-state index contributed by atoms with van der Waals surface area (Å²) in [7, 11) is 0. The molecule has 2 aliphatic rings. The van der Waals surface area contributed by atoms with Crippen LogP contribution in [0.4, 0.5) is 11.4 Å². The number of nitrogens with one attached hydrogen (secondary N) is 1. The van der Waals surface area contributed by atoms with E-state index >= 15 is 0 Å². The number of phenols is 1. The van der Waals surface area contributed by atoms with Crippen LogP contribution >= 0.6 is 0 Å². The number of allylic oxidation sites excluding steroid dienone is 4. The third-order valence-electron chi connectivity index (χ3n) is 6.11. The van der Waals surface area contributed by atoms with Crippen LogP contribution in [0.1, 0.15) is 10.4 Å². The summed E-state index contributed by atoms with van der Waals surface area (Å²) in [6.45, 7) is -0.0569.